The quantitative estimate of drug-likeness (QED) is 0.392. The molecule has 0 aliphatic rings. The molecular formula is C23H23FN6O3. The minimum Gasteiger partial charge on any atom is -0.347 e. The van der Waals surface area contributed by atoms with Crippen LogP contribution in [0.25, 0.3) is 0 Å². The van der Waals surface area contributed by atoms with Gasteiger partial charge in [-0.15, -0.1) is 0 Å². The second-order valence-electron chi connectivity index (χ2n) is 8.10. The first-order valence-corrected chi connectivity index (χ1v) is 10.0. The summed E-state index contributed by atoms with van der Waals surface area (Å²) in [5, 5.41) is 14.3. The van der Waals surface area contributed by atoms with Crippen molar-refractivity contribution in [3.8, 4) is 6.07 Å². The molecule has 0 aliphatic carbocycles. The molecule has 3 N–H and O–H groups in total. The summed E-state index contributed by atoms with van der Waals surface area (Å²) in [7, 11) is 1.60. The Balaban J connectivity index is 1.88. The Kier molecular flexibility index (Phi) is 6.17. The summed E-state index contributed by atoms with van der Waals surface area (Å²) >= 11 is 0. The molecule has 2 aromatic heterocycles. The van der Waals surface area contributed by atoms with Crippen LogP contribution in [-0.2, 0) is 17.4 Å². The fraction of sp³-hybridized carbons (Fsp3) is 0.261. The average Bonchev–Trinajstić information content (AvgIpc) is 3.37. The number of ketones is 1. The maximum absolute atomic E-state index is 13.6. The molecule has 10 heteroatoms. The number of anilines is 1. The van der Waals surface area contributed by atoms with Crippen LogP contribution < -0.4 is 10.6 Å². The SMILES string of the molecule is Cc1c(C(=O)C(=O)NC(C)(C)c2ncc[nH]2)c(C)n(C)c1C(=O)Nc1ccc(F)c(C#N)c1. The van der Waals surface area contributed by atoms with Gasteiger partial charge in [0, 0.05) is 30.8 Å². The third kappa shape index (κ3) is 4.39. The molecule has 0 aliphatic heterocycles. The highest BCUT2D eigenvalue weighted by molar-refractivity contribution is 6.43. The van der Waals surface area contributed by atoms with Crippen LogP contribution >= 0.6 is 0 Å². The van der Waals surface area contributed by atoms with Crippen LogP contribution in [0.4, 0.5) is 10.1 Å². The fourth-order valence-corrected chi connectivity index (χ4v) is 3.63. The molecule has 3 rings (SSSR count). The van der Waals surface area contributed by atoms with Crippen LogP contribution in [0.5, 0.6) is 0 Å². The molecule has 0 bridgehead atoms. The van der Waals surface area contributed by atoms with Crippen molar-refractivity contribution < 1.29 is 18.8 Å². The van der Waals surface area contributed by atoms with Gasteiger partial charge >= 0.3 is 0 Å². The van der Waals surface area contributed by atoms with Gasteiger partial charge in [0.2, 0.25) is 0 Å². The molecule has 0 saturated heterocycles. The summed E-state index contributed by atoms with van der Waals surface area (Å²) in [6.45, 7) is 6.62. The number of carbonyl (C=O) groups excluding carboxylic acids is 3. The number of carbonyl (C=O) groups is 3. The summed E-state index contributed by atoms with van der Waals surface area (Å²) < 4.78 is 15.1. The lowest BCUT2D eigenvalue weighted by molar-refractivity contribution is -0.118. The molecule has 0 fully saturated rings. The van der Waals surface area contributed by atoms with Crippen molar-refractivity contribution in [2.75, 3.05) is 5.32 Å². The van der Waals surface area contributed by atoms with E-state index in [1.165, 1.54) is 16.7 Å². The minimum atomic E-state index is -0.923. The van der Waals surface area contributed by atoms with E-state index in [4.69, 9.17) is 5.26 Å². The van der Waals surface area contributed by atoms with E-state index in [-0.39, 0.29) is 22.5 Å². The maximum Gasteiger partial charge on any atom is 0.293 e. The summed E-state index contributed by atoms with van der Waals surface area (Å²) in [5.41, 5.74) is 0.135. The standard InChI is InChI=1S/C23H23FN6O3/c1-12-17(19(31)21(33)29-23(3,4)22-26-8-9-27-22)13(2)30(5)18(12)20(32)28-15-6-7-16(24)14(10-15)11-25/h6-10H,1-5H3,(H,26,27)(H,28,32)(H,29,33). The molecule has 3 aromatic rings. The number of nitriles is 1. The first-order valence-electron chi connectivity index (χ1n) is 10.0. The molecule has 9 nitrogen and oxygen atoms in total. The highest BCUT2D eigenvalue weighted by atomic mass is 19.1. The number of Topliss-reactive ketones (excluding diaryl/α,β-unsaturated/α-hetero) is 1. The Labute approximate surface area is 189 Å². The summed E-state index contributed by atoms with van der Waals surface area (Å²) in [6, 6.07) is 5.34. The maximum atomic E-state index is 13.6. The van der Waals surface area contributed by atoms with Crippen molar-refractivity contribution in [1.29, 1.82) is 5.26 Å². The van der Waals surface area contributed by atoms with Crippen LogP contribution in [0.3, 0.4) is 0 Å². The van der Waals surface area contributed by atoms with E-state index in [2.05, 4.69) is 20.6 Å². The predicted molar refractivity (Wildman–Crippen MR) is 118 cm³/mol. The molecule has 0 unspecified atom stereocenters. The molecule has 2 heterocycles. The number of aromatic amines is 1. The number of benzene rings is 1. The van der Waals surface area contributed by atoms with Gasteiger partial charge in [0.1, 0.15) is 23.4 Å². The largest absolute Gasteiger partial charge is 0.347 e. The van der Waals surface area contributed by atoms with E-state index in [9.17, 15) is 18.8 Å². The van der Waals surface area contributed by atoms with E-state index in [0.717, 1.165) is 6.07 Å². The number of imidazole rings is 1. The lowest BCUT2D eigenvalue weighted by Gasteiger charge is -2.23. The Morgan fingerprint density at radius 2 is 1.94 bits per heavy atom. The molecule has 2 amide bonds. The number of aromatic nitrogens is 3. The van der Waals surface area contributed by atoms with Gasteiger partial charge in [0.05, 0.1) is 16.7 Å². The number of hydrogen-bond acceptors (Lipinski definition) is 5. The Hall–Kier alpha value is -4.26. The fourth-order valence-electron chi connectivity index (χ4n) is 3.63. The monoisotopic (exact) mass is 450 g/mol. The van der Waals surface area contributed by atoms with E-state index in [1.54, 1.807) is 53.2 Å². The van der Waals surface area contributed by atoms with E-state index in [0.29, 0.717) is 17.1 Å². The molecule has 0 radical (unpaired) electrons. The average molecular weight is 450 g/mol. The molecular weight excluding hydrogens is 427 g/mol. The number of H-pyrrole nitrogens is 1. The third-order valence-corrected chi connectivity index (χ3v) is 5.44. The van der Waals surface area contributed by atoms with Crippen molar-refractivity contribution in [2.24, 2.45) is 7.05 Å². The van der Waals surface area contributed by atoms with Gasteiger partial charge in [-0.3, -0.25) is 14.4 Å². The molecule has 0 atom stereocenters. The summed E-state index contributed by atoms with van der Waals surface area (Å²) in [5.74, 6) is -2.40. The van der Waals surface area contributed by atoms with Crippen LogP contribution in [-0.4, -0.2) is 32.1 Å². The lowest BCUT2D eigenvalue weighted by Crippen LogP contribution is -2.45. The number of amides is 2. The Morgan fingerprint density at radius 3 is 2.55 bits per heavy atom. The zero-order valence-corrected chi connectivity index (χ0v) is 18.8. The molecule has 0 saturated carbocycles. The van der Waals surface area contributed by atoms with Crippen LogP contribution in [0.15, 0.2) is 30.6 Å². The molecule has 1 aromatic carbocycles. The van der Waals surface area contributed by atoms with Gasteiger partial charge in [-0.25, -0.2) is 9.37 Å². The number of nitrogens with one attached hydrogen (secondary N) is 3. The highest BCUT2D eigenvalue weighted by Gasteiger charge is 2.33. The topological polar surface area (TPSA) is 133 Å². The van der Waals surface area contributed by atoms with Crippen molar-refractivity contribution in [1.82, 2.24) is 19.9 Å². The molecule has 0 spiro atoms. The van der Waals surface area contributed by atoms with Crippen molar-refractivity contribution in [3.05, 3.63) is 70.3 Å². The third-order valence-electron chi connectivity index (χ3n) is 5.44. The second kappa shape index (κ2) is 8.70. The molecule has 170 valence electrons. The number of hydrogen-bond donors (Lipinski definition) is 3. The van der Waals surface area contributed by atoms with Gasteiger partial charge in [0.25, 0.3) is 17.6 Å². The van der Waals surface area contributed by atoms with Gasteiger partial charge in [-0.1, -0.05) is 0 Å². The minimum absolute atomic E-state index is 0.118. The molecule has 33 heavy (non-hydrogen) atoms. The van der Waals surface area contributed by atoms with Gasteiger partial charge in [0.15, 0.2) is 0 Å². The Morgan fingerprint density at radius 1 is 1.24 bits per heavy atom. The van der Waals surface area contributed by atoms with E-state index in [1.807, 2.05) is 0 Å². The van der Waals surface area contributed by atoms with Crippen LogP contribution in [0, 0.1) is 31.0 Å². The first kappa shape index (κ1) is 23.4. The van der Waals surface area contributed by atoms with Crippen molar-refractivity contribution in [2.45, 2.75) is 33.2 Å². The highest BCUT2D eigenvalue weighted by Crippen LogP contribution is 2.24. The first-order chi connectivity index (χ1) is 15.5. The number of halogens is 1. The van der Waals surface area contributed by atoms with Crippen molar-refractivity contribution in [3.63, 3.8) is 0 Å². The lowest BCUT2D eigenvalue weighted by atomic mass is 10.0. The normalized spacial score (nSPS) is 11.1. The smallest absolute Gasteiger partial charge is 0.293 e. The van der Waals surface area contributed by atoms with Crippen LogP contribution in [0.2, 0.25) is 0 Å². The van der Waals surface area contributed by atoms with E-state index < -0.39 is 29.0 Å². The van der Waals surface area contributed by atoms with E-state index >= 15 is 0 Å². The van der Waals surface area contributed by atoms with Gasteiger partial charge in [-0.05, 0) is 51.5 Å². The second-order valence-corrected chi connectivity index (χ2v) is 8.10. The van der Waals surface area contributed by atoms with Gasteiger partial charge < -0.3 is 20.2 Å². The zero-order chi connectivity index (χ0) is 24.5. The summed E-state index contributed by atoms with van der Waals surface area (Å²) in [6.07, 6.45) is 3.16. The van der Waals surface area contributed by atoms with Gasteiger partial charge in [-0.2, -0.15) is 5.26 Å². The summed E-state index contributed by atoms with van der Waals surface area (Å²) in [4.78, 5) is 45.8. The number of nitrogens with zero attached hydrogens (tertiary/aromatic N) is 3. The van der Waals surface area contributed by atoms with Crippen molar-refractivity contribution >= 4 is 23.3 Å². The zero-order valence-electron chi connectivity index (χ0n) is 18.8. The number of rotatable bonds is 6. The van der Waals surface area contributed by atoms with Crippen LogP contribution in [0.1, 0.15) is 57.3 Å². The predicted octanol–water partition coefficient (Wildman–Crippen LogP) is 2.86. The Bertz CT molecular complexity index is 1300.